The van der Waals surface area contributed by atoms with Crippen molar-refractivity contribution in [2.75, 3.05) is 0 Å². The minimum absolute atomic E-state index is 0.672. The van der Waals surface area contributed by atoms with Crippen LogP contribution < -0.4 is 0 Å². The summed E-state index contributed by atoms with van der Waals surface area (Å²) < 4.78 is 2.73. The predicted molar refractivity (Wildman–Crippen MR) is 37.5 cm³/mol. The summed E-state index contributed by atoms with van der Waals surface area (Å²) in [5.41, 5.74) is 0. The second-order valence-corrected chi connectivity index (χ2v) is 14.9. The van der Waals surface area contributed by atoms with Gasteiger partial charge in [-0.25, -0.2) is 0 Å². The van der Waals surface area contributed by atoms with Gasteiger partial charge in [0.15, 0.2) is 0 Å². The van der Waals surface area contributed by atoms with Crippen LogP contribution in [0, 0.1) is 0 Å². The maximum absolute atomic E-state index is 1.64. The summed E-state index contributed by atoms with van der Waals surface area (Å²) in [7, 11) is 0. The Bertz CT molecular complexity index is 72.5. The Balaban J connectivity index is 1.56. The second kappa shape index (κ2) is 2.67. The Morgan fingerprint density at radius 3 is 1.38 bits per heavy atom. The summed E-state index contributed by atoms with van der Waals surface area (Å²) in [4.78, 5) is 0. The van der Waals surface area contributed by atoms with Gasteiger partial charge in [-0.1, -0.05) is 0 Å². The van der Waals surface area contributed by atoms with Crippen molar-refractivity contribution in [1.29, 1.82) is 0 Å². The van der Waals surface area contributed by atoms with Crippen LogP contribution in [0.15, 0.2) is 0 Å². The van der Waals surface area contributed by atoms with Crippen LogP contribution in [-0.4, -0.2) is 34.1 Å². The molecule has 2 heteroatoms. The van der Waals surface area contributed by atoms with Crippen LogP contribution in [0.1, 0.15) is 25.7 Å². The molecule has 2 saturated carbocycles. The Morgan fingerprint density at radius 1 is 0.750 bits per heavy atom. The van der Waals surface area contributed by atoms with E-state index in [4.69, 9.17) is 0 Å². The summed E-state index contributed by atoms with van der Waals surface area (Å²) in [6.07, 6.45) is 6.55. The van der Waals surface area contributed by atoms with Crippen LogP contribution in [0.5, 0.6) is 0 Å². The first kappa shape index (κ1) is 6.30. The minimum atomic E-state index is 0.672. The Kier molecular flexibility index (Phi) is 2.10. The van der Waals surface area contributed by atoms with Gasteiger partial charge in [0.2, 0.25) is 0 Å². The third-order valence-corrected chi connectivity index (χ3v) is 18.5. The molecule has 0 radical (unpaired) electrons. The molecule has 0 heterocycles. The molecule has 0 unspecified atom stereocenters. The van der Waals surface area contributed by atoms with Crippen LogP contribution in [0.25, 0.3) is 0 Å². The van der Waals surface area contributed by atoms with E-state index in [-0.39, 0.29) is 0 Å². The normalized spacial score (nSPS) is 28.5. The van der Waals surface area contributed by atoms with E-state index in [2.05, 4.69) is 0 Å². The molecule has 0 N–H and O–H groups in total. The van der Waals surface area contributed by atoms with Gasteiger partial charge in [-0.05, 0) is 0 Å². The van der Waals surface area contributed by atoms with Gasteiger partial charge in [-0.3, -0.25) is 0 Å². The molecule has 0 atom stereocenters. The van der Waals surface area contributed by atoms with E-state index >= 15 is 0 Å². The molecule has 0 bridgehead atoms. The molecule has 8 heavy (non-hydrogen) atoms. The van der Waals surface area contributed by atoms with Crippen LogP contribution in [0.2, 0.25) is 7.93 Å². The zero-order chi connectivity index (χ0) is 5.40. The van der Waals surface area contributed by atoms with E-state index in [1.807, 2.05) is 0 Å². The van der Waals surface area contributed by atoms with Crippen molar-refractivity contribution >= 4 is 34.1 Å². The average Bonchev–Trinajstić information content (AvgIpc) is 2.60. The van der Waals surface area contributed by atoms with Crippen molar-refractivity contribution in [3.63, 3.8) is 0 Å². The summed E-state index contributed by atoms with van der Waals surface area (Å²) in [5, 5.41) is 0. The fourth-order valence-electron chi connectivity index (χ4n) is 0.486. The molecule has 2 aliphatic rings. The van der Waals surface area contributed by atoms with Crippen LogP contribution in [-0.2, 0) is 0 Å². The van der Waals surface area contributed by atoms with Crippen molar-refractivity contribution in [3.05, 3.63) is 0 Å². The number of hydrogen-bond donors (Lipinski definition) is 0. The van der Waals surface area contributed by atoms with E-state index < -0.39 is 0 Å². The SMILES string of the molecule is C1CC1[Te][Te]C1CC1. The van der Waals surface area contributed by atoms with Gasteiger partial charge in [0.1, 0.15) is 0 Å². The van der Waals surface area contributed by atoms with Gasteiger partial charge < -0.3 is 0 Å². The molecule has 0 saturated heterocycles. The van der Waals surface area contributed by atoms with Gasteiger partial charge >= 0.3 is 67.7 Å². The van der Waals surface area contributed by atoms with Crippen molar-refractivity contribution in [3.8, 4) is 0 Å². The van der Waals surface area contributed by atoms with Crippen molar-refractivity contribution in [2.24, 2.45) is 0 Å². The van der Waals surface area contributed by atoms with Gasteiger partial charge in [0, 0.05) is 0 Å². The van der Waals surface area contributed by atoms with Gasteiger partial charge in [-0.2, -0.15) is 0 Å². The Hall–Kier alpha value is 1.58. The zero-order valence-corrected chi connectivity index (χ0v) is 9.46. The second-order valence-electron chi connectivity index (χ2n) is 2.59. The maximum atomic E-state index is 1.64. The third kappa shape index (κ3) is 2.07. The van der Waals surface area contributed by atoms with Gasteiger partial charge in [-0.15, -0.1) is 0 Å². The van der Waals surface area contributed by atoms with Crippen LogP contribution in [0.4, 0.5) is 0 Å². The van der Waals surface area contributed by atoms with E-state index in [0.717, 1.165) is 0 Å². The summed E-state index contributed by atoms with van der Waals surface area (Å²) in [6, 6.07) is 0. The monoisotopic (exact) mass is 342 g/mol. The predicted octanol–water partition coefficient (Wildman–Crippen LogP) is 1.47. The first-order valence-corrected chi connectivity index (χ1v) is 13.3. The Morgan fingerprint density at radius 2 is 1.12 bits per heavy atom. The summed E-state index contributed by atoms with van der Waals surface area (Å²) >= 11 is 1.34. The fourth-order valence-corrected chi connectivity index (χ4v) is 16.6. The molecule has 0 spiro atoms. The van der Waals surface area contributed by atoms with Crippen LogP contribution >= 0.6 is 0 Å². The molecule has 0 aromatic carbocycles. The molecule has 2 fully saturated rings. The van der Waals surface area contributed by atoms with Crippen molar-refractivity contribution < 1.29 is 0 Å². The average molecular weight is 337 g/mol. The molecule has 2 rings (SSSR count). The number of rotatable bonds is 3. The first-order chi connectivity index (χ1) is 3.95. The standard InChI is InChI=1S/C6H10Te2/c1-2-5(1)7-8-6-3-4-6/h5-6H,1-4H2. The van der Waals surface area contributed by atoms with Gasteiger partial charge in [0.05, 0.1) is 0 Å². The van der Waals surface area contributed by atoms with Crippen LogP contribution in [0.3, 0.4) is 0 Å². The molecule has 0 amide bonds. The van der Waals surface area contributed by atoms with E-state index in [1.54, 1.807) is 25.7 Å². The topological polar surface area (TPSA) is 0 Å². The Labute approximate surface area is 67.1 Å². The molecule has 0 nitrogen and oxygen atoms in total. The molecule has 0 aromatic rings. The summed E-state index contributed by atoms with van der Waals surface area (Å²) in [5.74, 6) is 0. The molecule has 0 aromatic heterocycles. The molecule has 0 aliphatic heterocycles. The molecule has 2 aliphatic carbocycles. The van der Waals surface area contributed by atoms with Crippen molar-refractivity contribution in [2.45, 2.75) is 33.6 Å². The quantitative estimate of drug-likeness (QED) is 0.685. The third-order valence-electron chi connectivity index (χ3n) is 1.38. The molecular weight excluding hydrogens is 327 g/mol. The van der Waals surface area contributed by atoms with Gasteiger partial charge in [0.25, 0.3) is 0 Å². The van der Waals surface area contributed by atoms with E-state index in [0.29, 0.717) is 34.1 Å². The fraction of sp³-hybridized carbons (Fsp3) is 1.00. The molecular formula is C6H10Te2. The first-order valence-electron chi connectivity index (χ1n) is 3.27. The van der Waals surface area contributed by atoms with E-state index in [1.165, 1.54) is 7.93 Å². The zero-order valence-electron chi connectivity index (χ0n) is 4.80. The van der Waals surface area contributed by atoms with Crippen molar-refractivity contribution in [1.82, 2.24) is 0 Å². The molecule has 46 valence electrons. The number of hydrogen-bond acceptors (Lipinski definition) is 0. The summed E-state index contributed by atoms with van der Waals surface area (Å²) in [6.45, 7) is 0. The van der Waals surface area contributed by atoms with E-state index in [9.17, 15) is 0 Å².